The van der Waals surface area contributed by atoms with Gasteiger partial charge < -0.3 is 38.4 Å². The monoisotopic (exact) mass is 529 g/mol. The molecule has 15 heteroatoms. The molecule has 0 bridgehead atoms. The highest BCUT2D eigenvalue weighted by atomic mass is 31.2. The molecule has 0 spiro atoms. The minimum absolute atomic E-state index is 0.563. The minimum Gasteiger partial charge on any atom is -0.756 e. The molecule has 1 aliphatic heterocycles. The zero-order valence-electron chi connectivity index (χ0n) is 21.0. The number of quaternary nitrogens is 1. The van der Waals surface area contributed by atoms with E-state index in [0.29, 0.717) is 0 Å². The third-order valence-electron chi connectivity index (χ3n) is 4.69. The number of nitrogens with one attached hydrogen (secondary N) is 1. The van der Waals surface area contributed by atoms with Crippen LogP contribution in [0, 0.1) is 0 Å². The van der Waals surface area contributed by atoms with Crippen molar-refractivity contribution >= 4 is 31.7 Å². The lowest BCUT2D eigenvalue weighted by atomic mass is 9.98. The van der Waals surface area contributed by atoms with Gasteiger partial charge in [-0.3, -0.25) is 28.3 Å². The summed E-state index contributed by atoms with van der Waals surface area (Å²) in [5.41, 5.74) is 0. The van der Waals surface area contributed by atoms with Crippen LogP contribution in [0.1, 0.15) is 48.5 Å². The average Bonchev–Trinajstić information content (AvgIpc) is 2.71. The van der Waals surface area contributed by atoms with E-state index < -0.39 is 69.0 Å². The molecule has 0 amide bonds. The fraction of sp³-hybridized carbons (Fsp3) is 0.800. The normalized spacial score (nSPS) is 25.4. The summed E-state index contributed by atoms with van der Waals surface area (Å²) in [6.07, 6.45) is -8.19. The Bertz CT molecular complexity index is 746. The summed E-state index contributed by atoms with van der Waals surface area (Å²) in [5, 5.41) is 0. The van der Waals surface area contributed by atoms with Gasteiger partial charge in [0.2, 0.25) is 6.29 Å². The van der Waals surface area contributed by atoms with Crippen LogP contribution in [-0.2, 0) is 52.0 Å². The summed E-state index contributed by atoms with van der Waals surface area (Å²) >= 11 is 0. The highest BCUT2D eigenvalue weighted by Crippen LogP contribution is 2.39. The Morgan fingerprint density at radius 1 is 0.829 bits per heavy atom. The summed E-state index contributed by atoms with van der Waals surface area (Å²) in [4.78, 5) is 67.3. The van der Waals surface area contributed by atoms with Gasteiger partial charge in [0.1, 0.15) is 12.7 Å². The molecule has 0 aromatic rings. The molecule has 1 aliphatic rings. The van der Waals surface area contributed by atoms with Gasteiger partial charge in [-0.1, -0.05) is 0 Å². The van der Waals surface area contributed by atoms with Crippen LogP contribution >= 0.6 is 7.82 Å². The Morgan fingerprint density at radius 2 is 1.26 bits per heavy atom. The SMILES string of the molecule is CC(=O)OC[C@H]1O[C@H](OP(=O)([O-])O)[C@H](OC(C)=O)[C@@H](OC(C)=O)[C@@H]1OC(C)=O.CC[NH+](CC)CC. The number of carbonyl (C=O) groups excluding carboxylic acids is 4. The lowest BCUT2D eigenvalue weighted by molar-refractivity contribution is -0.894. The van der Waals surface area contributed by atoms with Crippen LogP contribution in [0.4, 0.5) is 0 Å². The van der Waals surface area contributed by atoms with Crippen LogP contribution in [0.5, 0.6) is 0 Å². The minimum atomic E-state index is -5.41. The van der Waals surface area contributed by atoms with Crippen molar-refractivity contribution in [2.75, 3.05) is 26.2 Å². The van der Waals surface area contributed by atoms with Crippen LogP contribution < -0.4 is 9.79 Å². The number of esters is 4. The Kier molecular flexibility index (Phi) is 14.9. The molecule has 14 nitrogen and oxygen atoms in total. The van der Waals surface area contributed by atoms with Gasteiger partial charge in [0.25, 0.3) is 7.82 Å². The van der Waals surface area contributed by atoms with Gasteiger partial charge in [-0.2, -0.15) is 0 Å². The van der Waals surface area contributed by atoms with Crippen molar-refractivity contribution < 1.29 is 66.6 Å². The molecule has 1 saturated heterocycles. The number of rotatable bonds is 10. The van der Waals surface area contributed by atoms with E-state index in [1.165, 1.54) is 19.6 Å². The van der Waals surface area contributed by atoms with Crippen LogP contribution in [0.3, 0.4) is 0 Å². The fourth-order valence-corrected chi connectivity index (χ4v) is 3.59. The fourth-order valence-electron chi connectivity index (χ4n) is 3.15. The molecular formula is C20H36NO13P. The second kappa shape index (κ2) is 15.8. The van der Waals surface area contributed by atoms with E-state index >= 15 is 0 Å². The molecule has 2 N–H and O–H groups in total. The Labute approximate surface area is 204 Å². The number of carbonyl (C=O) groups is 4. The average molecular weight is 529 g/mol. The molecule has 1 fully saturated rings. The van der Waals surface area contributed by atoms with Gasteiger partial charge in [-0.15, -0.1) is 0 Å². The van der Waals surface area contributed by atoms with E-state index in [0.717, 1.165) is 27.7 Å². The van der Waals surface area contributed by atoms with Crippen LogP contribution in [0.2, 0.25) is 0 Å². The van der Waals surface area contributed by atoms with Crippen molar-refractivity contribution in [2.45, 2.75) is 79.2 Å². The van der Waals surface area contributed by atoms with E-state index in [1.54, 1.807) is 4.90 Å². The van der Waals surface area contributed by atoms with Crippen molar-refractivity contribution in [3.05, 3.63) is 0 Å². The van der Waals surface area contributed by atoms with Gasteiger partial charge in [0, 0.05) is 27.7 Å². The van der Waals surface area contributed by atoms with Gasteiger partial charge in [-0.05, 0) is 20.8 Å². The van der Waals surface area contributed by atoms with Crippen molar-refractivity contribution in [1.29, 1.82) is 0 Å². The summed E-state index contributed by atoms with van der Waals surface area (Å²) in [7, 11) is -5.41. The van der Waals surface area contributed by atoms with E-state index in [1.807, 2.05) is 0 Å². The first-order chi connectivity index (χ1) is 16.1. The third-order valence-corrected chi connectivity index (χ3v) is 5.16. The molecule has 35 heavy (non-hydrogen) atoms. The van der Waals surface area contributed by atoms with Crippen molar-refractivity contribution in [3.63, 3.8) is 0 Å². The summed E-state index contributed by atoms with van der Waals surface area (Å²) in [6, 6.07) is 0. The van der Waals surface area contributed by atoms with E-state index in [4.69, 9.17) is 28.6 Å². The smallest absolute Gasteiger partial charge is 0.303 e. The molecule has 0 aromatic heterocycles. The molecular weight excluding hydrogens is 493 g/mol. The second-order valence-electron chi connectivity index (χ2n) is 7.45. The zero-order chi connectivity index (χ0) is 27.3. The van der Waals surface area contributed by atoms with Crippen LogP contribution in [0.25, 0.3) is 0 Å². The third kappa shape index (κ3) is 13.5. The maximum Gasteiger partial charge on any atom is 0.303 e. The summed E-state index contributed by atoms with van der Waals surface area (Å²) in [6.45, 7) is 14.0. The number of phosphoric acid groups is 1. The maximum absolute atomic E-state index is 11.5. The largest absolute Gasteiger partial charge is 0.756 e. The zero-order valence-corrected chi connectivity index (χ0v) is 21.9. The number of hydrogen-bond donors (Lipinski definition) is 2. The lowest BCUT2D eigenvalue weighted by Crippen LogP contribution is -3.11. The number of hydrogen-bond acceptors (Lipinski definition) is 12. The summed E-state index contributed by atoms with van der Waals surface area (Å²) in [5.74, 6) is -3.44. The van der Waals surface area contributed by atoms with Gasteiger partial charge >= 0.3 is 23.9 Å². The first-order valence-electron chi connectivity index (χ1n) is 11.0. The Morgan fingerprint density at radius 3 is 1.60 bits per heavy atom. The maximum atomic E-state index is 11.5. The predicted molar refractivity (Wildman–Crippen MR) is 115 cm³/mol. The van der Waals surface area contributed by atoms with Gasteiger partial charge in [-0.25, -0.2) is 0 Å². The van der Waals surface area contributed by atoms with Crippen molar-refractivity contribution in [2.24, 2.45) is 0 Å². The number of ether oxygens (including phenoxy) is 5. The quantitative estimate of drug-likeness (QED) is 0.189. The Hall–Kier alpha value is -2.09. The van der Waals surface area contributed by atoms with Crippen LogP contribution in [-0.4, -0.2) is 85.7 Å². The van der Waals surface area contributed by atoms with Gasteiger partial charge in [0.05, 0.1) is 19.6 Å². The first-order valence-corrected chi connectivity index (χ1v) is 12.5. The molecule has 1 heterocycles. The molecule has 1 rings (SSSR count). The molecule has 1 unspecified atom stereocenters. The second-order valence-corrected chi connectivity index (χ2v) is 8.60. The predicted octanol–water partition coefficient (Wildman–Crippen LogP) is -1.52. The van der Waals surface area contributed by atoms with Gasteiger partial charge in [0.15, 0.2) is 18.3 Å². The van der Waals surface area contributed by atoms with Crippen molar-refractivity contribution in [3.8, 4) is 0 Å². The van der Waals surface area contributed by atoms with E-state index in [2.05, 4.69) is 25.3 Å². The number of phosphoric ester groups is 1. The first kappa shape index (κ1) is 32.9. The molecule has 204 valence electrons. The standard InChI is InChI=1S/C14H21O13P.C6H15N/c1-6(15)22-5-10-11(23-7(2)16)12(24-8(3)17)13(25-9(4)18)14(26-10)27-28(19,20)21;1-4-7(5-2)6-3/h10-14H,5H2,1-4H3,(H2,19,20,21);4-6H2,1-3H3/t10-,11-,12+,13-,14-;/m1./s1. The van der Waals surface area contributed by atoms with E-state index in [-0.39, 0.29) is 0 Å². The molecule has 0 radical (unpaired) electrons. The van der Waals surface area contributed by atoms with Crippen molar-refractivity contribution in [1.82, 2.24) is 0 Å². The lowest BCUT2D eigenvalue weighted by Gasteiger charge is -2.44. The highest BCUT2D eigenvalue weighted by molar-refractivity contribution is 7.44. The van der Waals surface area contributed by atoms with Crippen LogP contribution in [0.15, 0.2) is 0 Å². The molecule has 6 atom stereocenters. The molecule has 0 saturated carbocycles. The highest BCUT2D eigenvalue weighted by Gasteiger charge is 2.53. The topological polar surface area (TPSA) is 188 Å². The Balaban J connectivity index is 0.00000143. The molecule has 0 aliphatic carbocycles. The summed E-state index contributed by atoms with van der Waals surface area (Å²) < 4.78 is 40.6. The molecule has 0 aromatic carbocycles. The van der Waals surface area contributed by atoms with E-state index in [9.17, 15) is 28.6 Å².